The van der Waals surface area contributed by atoms with Gasteiger partial charge < -0.3 is 5.32 Å². The van der Waals surface area contributed by atoms with E-state index in [1.54, 1.807) is 23.9 Å². The molecule has 1 aromatic carbocycles. The number of aryl methyl sites for hydroxylation is 1. The second-order valence-corrected chi connectivity index (χ2v) is 6.91. The minimum absolute atomic E-state index is 0.123. The van der Waals surface area contributed by atoms with Gasteiger partial charge in [0.1, 0.15) is 5.69 Å². The highest BCUT2D eigenvalue weighted by molar-refractivity contribution is 7.98. The first-order chi connectivity index (χ1) is 9.51. The van der Waals surface area contributed by atoms with Gasteiger partial charge in [0.15, 0.2) is 0 Å². The van der Waals surface area contributed by atoms with Gasteiger partial charge in [0, 0.05) is 12.6 Å². The van der Waals surface area contributed by atoms with Crippen LogP contribution in [0.4, 0.5) is 11.4 Å². The molecule has 1 aromatic heterocycles. The van der Waals surface area contributed by atoms with Gasteiger partial charge in [0.05, 0.1) is 20.1 Å². The monoisotopic (exact) mass is 311 g/mol. The number of benzene rings is 1. The van der Waals surface area contributed by atoms with Crippen molar-refractivity contribution in [2.45, 2.75) is 13.8 Å². The fourth-order valence-corrected chi connectivity index (χ4v) is 3.53. The Balaban J connectivity index is 2.29. The molecule has 0 radical (unpaired) electrons. The number of fused-ring (bicyclic) bond motifs is 1. The Morgan fingerprint density at radius 2 is 2.30 bits per heavy atom. The summed E-state index contributed by atoms with van der Waals surface area (Å²) in [7, 11) is 0. The Labute approximate surface area is 125 Å². The lowest BCUT2D eigenvalue weighted by Gasteiger charge is -2.12. The third-order valence-electron chi connectivity index (χ3n) is 2.90. The maximum atomic E-state index is 11.2. The highest BCUT2D eigenvalue weighted by Gasteiger charge is 2.17. The van der Waals surface area contributed by atoms with Crippen molar-refractivity contribution in [3.8, 4) is 0 Å². The van der Waals surface area contributed by atoms with Gasteiger partial charge in [0.2, 0.25) is 0 Å². The topological polar surface area (TPSA) is 68.1 Å². The van der Waals surface area contributed by atoms with Gasteiger partial charge in [0.25, 0.3) is 5.69 Å². The number of nitrogens with one attached hydrogen (secondary N) is 1. The molecular weight excluding hydrogens is 294 g/mol. The quantitative estimate of drug-likeness (QED) is 0.647. The molecule has 2 aromatic rings. The number of hydrogen-bond donors (Lipinski definition) is 1. The van der Waals surface area contributed by atoms with Crippen LogP contribution in [0, 0.1) is 23.0 Å². The molecule has 1 heterocycles. The largest absolute Gasteiger partial charge is 0.379 e. The molecule has 2 rings (SSSR count). The molecule has 20 heavy (non-hydrogen) atoms. The van der Waals surface area contributed by atoms with E-state index in [1.807, 2.05) is 6.92 Å². The number of aromatic nitrogens is 1. The van der Waals surface area contributed by atoms with Crippen LogP contribution in [-0.4, -0.2) is 28.5 Å². The maximum absolute atomic E-state index is 11.2. The van der Waals surface area contributed by atoms with Gasteiger partial charge in [-0.2, -0.15) is 11.8 Å². The Kier molecular flexibility index (Phi) is 4.82. The molecule has 108 valence electrons. The van der Waals surface area contributed by atoms with Crippen molar-refractivity contribution in [1.82, 2.24) is 4.98 Å². The van der Waals surface area contributed by atoms with Crippen LogP contribution in [0.15, 0.2) is 12.1 Å². The predicted molar refractivity (Wildman–Crippen MR) is 87.0 cm³/mol. The Hall–Kier alpha value is -1.34. The van der Waals surface area contributed by atoms with Crippen LogP contribution in [-0.2, 0) is 0 Å². The van der Waals surface area contributed by atoms with Crippen LogP contribution in [0.3, 0.4) is 0 Å². The Bertz CT molecular complexity index is 627. The molecule has 0 fully saturated rings. The average Bonchev–Trinajstić information content (AvgIpc) is 2.74. The number of thioether (sulfide) groups is 1. The molecule has 1 atom stereocenters. The first kappa shape index (κ1) is 15.1. The highest BCUT2D eigenvalue weighted by Crippen LogP contribution is 2.33. The summed E-state index contributed by atoms with van der Waals surface area (Å²) in [5, 5.41) is 15.3. The van der Waals surface area contributed by atoms with Gasteiger partial charge in [-0.3, -0.25) is 10.1 Å². The molecule has 0 aliphatic heterocycles. The summed E-state index contributed by atoms with van der Waals surface area (Å²) in [6.07, 6.45) is 2.06. The molecule has 0 spiro atoms. The zero-order valence-corrected chi connectivity index (χ0v) is 13.3. The summed E-state index contributed by atoms with van der Waals surface area (Å²) in [6, 6.07) is 3.39. The molecule has 1 unspecified atom stereocenters. The average molecular weight is 311 g/mol. The number of nitro groups is 1. The molecule has 0 bridgehead atoms. The van der Waals surface area contributed by atoms with E-state index in [1.165, 1.54) is 11.3 Å². The third-order valence-corrected chi connectivity index (χ3v) is 4.74. The van der Waals surface area contributed by atoms with Crippen LogP contribution in [0.5, 0.6) is 0 Å². The van der Waals surface area contributed by atoms with Crippen molar-refractivity contribution in [3.05, 3.63) is 27.3 Å². The zero-order chi connectivity index (χ0) is 14.7. The lowest BCUT2D eigenvalue weighted by molar-refractivity contribution is -0.383. The molecule has 0 aliphatic carbocycles. The number of rotatable bonds is 6. The van der Waals surface area contributed by atoms with E-state index < -0.39 is 0 Å². The summed E-state index contributed by atoms with van der Waals surface area (Å²) >= 11 is 3.25. The van der Waals surface area contributed by atoms with E-state index in [0.717, 1.165) is 27.5 Å². The van der Waals surface area contributed by atoms with E-state index in [9.17, 15) is 10.1 Å². The van der Waals surface area contributed by atoms with Crippen molar-refractivity contribution in [2.24, 2.45) is 5.92 Å². The molecule has 0 aliphatic rings. The van der Waals surface area contributed by atoms with Crippen LogP contribution in [0.25, 0.3) is 10.2 Å². The van der Waals surface area contributed by atoms with Crippen LogP contribution in [0.1, 0.15) is 11.9 Å². The van der Waals surface area contributed by atoms with Gasteiger partial charge in [-0.25, -0.2) is 4.98 Å². The molecule has 1 N–H and O–H groups in total. The van der Waals surface area contributed by atoms with Gasteiger partial charge in [-0.1, -0.05) is 6.92 Å². The third kappa shape index (κ3) is 3.40. The minimum Gasteiger partial charge on any atom is -0.379 e. The fourth-order valence-electron chi connectivity index (χ4n) is 2.00. The molecular formula is C13H17N3O2S2. The van der Waals surface area contributed by atoms with Crippen molar-refractivity contribution in [2.75, 3.05) is 23.9 Å². The summed E-state index contributed by atoms with van der Waals surface area (Å²) in [6.45, 7) is 4.75. The van der Waals surface area contributed by atoms with E-state index >= 15 is 0 Å². The van der Waals surface area contributed by atoms with Crippen molar-refractivity contribution in [3.63, 3.8) is 0 Å². The Morgan fingerprint density at radius 1 is 1.55 bits per heavy atom. The predicted octanol–water partition coefficient (Wildman–Crippen LogP) is 3.92. The molecule has 0 saturated carbocycles. The summed E-state index contributed by atoms with van der Waals surface area (Å²) < 4.78 is 0.858. The van der Waals surface area contributed by atoms with Crippen molar-refractivity contribution in [1.29, 1.82) is 0 Å². The van der Waals surface area contributed by atoms with Crippen LogP contribution in [0.2, 0.25) is 0 Å². The first-order valence-corrected chi connectivity index (χ1v) is 8.50. The smallest absolute Gasteiger partial charge is 0.293 e. The number of thiazole rings is 1. The fraction of sp³-hybridized carbons (Fsp3) is 0.462. The standard InChI is InChI=1S/C13H17N3O2S2/c1-8(7-19-3)6-14-10-4-11-13(20-9(2)15-11)5-12(10)16(17)18/h4-5,8,14H,6-7H2,1-3H3. The Morgan fingerprint density at radius 3 is 2.95 bits per heavy atom. The molecule has 5 nitrogen and oxygen atoms in total. The highest BCUT2D eigenvalue weighted by atomic mass is 32.2. The van der Waals surface area contributed by atoms with E-state index in [2.05, 4.69) is 23.5 Å². The van der Waals surface area contributed by atoms with Gasteiger partial charge in [-0.15, -0.1) is 11.3 Å². The van der Waals surface area contributed by atoms with Crippen LogP contribution >= 0.6 is 23.1 Å². The SMILES string of the molecule is CSCC(C)CNc1cc2nc(C)sc2cc1[N+](=O)[O-]. The first-order valence-electron chi connectivity index (χ1n) is 6.29. The lowest BCUT2D eigenvalue weighted by atomic mass is 10.2. The minimum atomic E-state index is -0.337. The molecule has 7 heteroatoms. The summed E-state index contributed by atoms with van der Waals surface area (Å²) in [4.78, 5) is 15.2. The number of hydrogen-bond acceptors (Lipinski definition) is 6. The second-order valence-electron chi connectivity index (χ2n) is 4.77. The molecule has 0 amide bonds. The molecule has 0 saturated heterocycles. The van der Waals surface area contributed by atoms with E-state index in [0.29, 0.717) is 11.6 Å². The summed E-state index contributed by atoms with van der Waals surface area (Å²) in [5.41, 5.74) is 1.50. The van der Waals surface area contributed by atoms with Crippen molar-refractivity contribution >= 4 is 44.7 Å². The van der Waals surface area contributed by atoms with Gasteiger partial charge >= 0.3 is 0 Å². The number of nitro benzene ring substituents is 1. The van der Waals surface area contributed by atoms with Gasteiger partial charge in [-0.05, 0) is 30.9 Å². The number of nitrogens with zero attached hydrogens (tertiary/aromatic N) is 2. The van der Waals surface area contributed by atoms with E-state index in [-0.39, 0.29) is 10.6 Å². The normalized spacial score (nSPS) is 12.6. The maximum Gasteiger partial charge on any atom is 0.293 e. The van der Waals surface area contributed by atoms with Crippen LogP contribution < -0.4 is 5.32 Å². The summed E-state index contributed by atoms with van der Waals surface area (Å²) in [5.74, 6) is 1.48. The second kappa shape index (κ2) is 6.41. The number of anilines is 1. The zero-order valence-electron chi connectivity index (χ0n) is 11.7. The lowest BCUT2D eigenvalue weighted by Crippen LogP contribution is -2.14. The van der Waals surface area contributed by atoms with E-state index in [4.69, 9.17) is 0 Å². The van der Waals surface area contributed by atoms with Crippen molar-refractivity contribution < 1.29 is 4.92 Å².